The zero-order chi connectivity index (χ0) is 11.6. The van der Waals surface area contributed by atoms with Crippen molar-refractivity contribution in [3.63, 3.8) is 0 Å². The predicted octanol–water partition coefficient (Wildman–Crippen LogP) is 4.14. The molecule has 0 saturated heterocycles. The first-order valence-corrected chi connectivity index (χ1v) is 6.72. The molecule has 0 saturated carbocycles. The highest BCUT2D eigenvalue weighted by atomic mass is 79.9. The van der Waals surface area contributed by atoms with Gasteiger partial charge in [0.05, 0.1) is 6.61 Å². The monoisotopic (exact) mass is 280 g/mol. The molecule has 0 aromatic heterocycles. The number of alkyl halides is 1. The summed E-state index contributed by atoms with van der Waals surface area (Å²) in [4.78, 5) is 0. The van der Waals surface area contributed by atoms with Gasteiger partial charge in [0, 0.05) is 16.8 Å². The molecule has 0 amide bonds. The third kappa shape index (κ3) is 2.17. The molecule has 16 heavy (non-hydrogen) atoms. The van der Waals surface area contributed by atoms with Crippen molar-refractivity contribution >= 4 is 15.9 Å². The average Bonchev–Trinajstić information content (AvgIpc) is 2.73. The minimum atomic E-state index is 0.144. The first-order chi connectivity index (χ1) is 7.68. The minimum absolute atomic E-state index is 0.144. The van der Waals surface area contributed by atoms with Crippen molar-refractivity contribution in [1.29, 1.82) is 0 Å². The first kappa shape index (κ1) is 11.7. The fourth-order valence-electron chi connectivity index (χ4n) is 2.15. The number of para-hydroxylation sites is 1. The Kier molecular flexibility index (Phi) is 3.38. The third-order valence-electron chi connectivity index (χ3n) is 3.31. The zero-order valence-corrected chi connectivity index (χ0v) is 11.2. The SMILES string of the molecule is C=CC(C)(CBr)CC1COc2ccccc21. The largest absolute Gasteiger partial charge is 0.493 e. The second-order valence-corrected chi connectivity index (χ2v) is 5.30. The second-order valence-electron chi connectivity index (χ2n) is 4.74. The fourth-order valence-corrected chi connectivity index (χ4v) is 2.61. The molecule has 0 aliphatic carbocycles. The van der Waals surface area contributed by atoms with E-state index in [-0.39, 0.29) is 5.41 Å². The van der Waals surface area contributed by atoms with E-state index in [1.165, 1.54) is 5.56 Å². The summed E-state index contributed by atoms with van der Waals surface area (Å²) < 4.78 is 5.70. The van der Waals surface area contributed by atoms with Gasteiger partial charge in [-0.1, -0.05) is 47.1 Å². The maximum Gasteiger partial charge on any atom is 0.122 e. The summed E-state index contributed by atoms with van der Waals surface area (Å²) in [5.74, 6) is 1.55. The van der Waals surface area contributed by atoms with Gasteiger partial charge in [0.15, 0.2) is 0 Å². The summed E-state index contributed by atoms with van der Waals surface area (Å²) in [5.41, 5.74) is 1.49. The van der Waals surface area contributed by atoms with Crippen LogP contribution in [0.4, 0.5) is 0 Å². The van der Waals surface area contributed by atoms with E-state index in [0.717, 1.165) is 24.1 Å². The van der Waals surface area contributed by atoms with E-state index in [0.29, 0.717) is 5.92 Å². The summed E-state index contributed by atoms with van der Waals surface area (Å²) in [6.45, 7) is 6.96. The van der Waals surface area contributed by atoms with E-state index < -0.39 is 0 Å². The number of benzene rings is 1. The normalized spacial score (nSPS) is 22.0. The summed E-state index contributed by atoms with van der Waals surface area (Å²) in [7, 11) is 0. The maximum absolute atomic E-state index is 5.70. The molecule has 86 valence electrons. The lowest BCUT2D eigenvalue weighted by Crippen LogP contribution is -2.19. The number of rotatable bonds is 4. The predicted molar refractivity (Wildman–Crippen MR) is 71.4 cm³/mol. The lowest BCUT2D eigenvalue weighted by atomic mass is 9.81. The van der Waals surface area contributed by atoms with Crippen molar-refractivity contribution in [1.82, 2.24) is 0 Å². The van der Waals surface area contributed by atoms with Gasteiger partial charge in [-0.2, -0.15) is 0 Å². The molecule has 2 heteroatoms. The molecule has 0 fully saturated rings. The zero-order valence-electron chi connectivity index (χ0n) is 9.58. The molecule has 1 aliphatic heterocycles. The average molecular weight is 281 g/mol. The van der Waals surface area contributed by atoms with Crippen LogP contribution < -0.4 is 4.74 Å². The van der Waals surface area contributed by atoms with Crippen LogP contribution in [-0.2, 0) is 0 Å². The highest BCUT2D eigenvalue weighted by molar-refractivity contribution is 9.09. The molecule has 0 radical (unpaired) electrons. The Morgan fingerprint density at radius 3 is 3.00 bits per heavy atom. The second kappa shape index (κ2) is 4.62. The smallest absolute Gasteiger partial charge is 0.122 e. The standard InChI is InChI=1S/C14H17BrO/c1-3-14(2,10-15)8-11-9-16-13-7-5-4-6-12(11)13/h3-7,11H,1,8-10H2,2H3. The number of ether oxygens (including phenoxy) is 1. The summed E-state index contributed by atoms with van der Waals surface area (Å²) in [6, 6.07) is 8.33. The van der Waals surface area contributed by atoms with Gasteiger partial charge in [-0.25, -0.2) is 0 Å². The minimum Gasteiger partial charge on any atom is -0.493 e. The van der Waals surface area contributed by atoms with Crippen LogP contribution in [0.2, 0.25) is 0 Å². The van der Waals surface area contributed by atoms with Crippen LogP contribution in [0.15, 0.2) is 36.9 Å². The Morgan fingerprint density at radius 1 is 1.56 bits per heavy atom. The molecule has 2 unspecified atom stereocenters. The molecule has 1 aliphatic rings. The van der Waals surface area contributed by atoms with Gasteiger partial charge < -0.3 is 4.74 Å². The number of fused-ring (bicyclic) bond motifs is 1. The molecule has 1 aromatic rings. The molecule has 1 heterocycles. The topological polar surface area (TPSA) is 9.23 Å². The third-order valence-corrected chi connectivity index (χ3v) is 4.59. The number of allylic oxidation sites excluding steroid dienone is 1. The highest BCUT2D eigenvalue weighted by Gasteiger charge is 2.30. The van der Waals surface area contributed by atoms with Gasteiger partial charge in [0.1, 0.15) is 5.75 Å². The number of hydrogen-bond acceptors (Lipinski definition) is 1. The number of halogens is 1. The molecule has 0 bridgehead atoms. The van der Waals surface area contributed by atoms with Gasteiger partial charge in [0.2, 0.25) is 0 Å². The van der Waals surface area contributed by atoms with E-state index in [9.17, 15) is 0 Å². The Morgan fingerprint density at radius 2 is 2.31 bits per heavy atom. The van der Waals surface area contributed by atoms with Gasteiger partial charge in [-0.05, 0) is 17.9 Å². The van der Waals surface area contributed by atoms with Crippen LogP contribution in [0.3, 0.4) is 0 Å². The van der Waals surface area contributed by atoms with E-state index in [1.807, 2.05) is 12.1 Å². The molecule has 2 atom stereocenters. The molecule has 0 N–H and O–H groups in total. The molecule has 1 aromatic carbocycles. The molecular formula is C14H17BrO. The Bertz CT molecular complexity index is 388. The van der Waals surface area contributed by atoms with Crippen LogP contribution in [0, 0.1) is 5.41 Å². The van der Waals surface area contributed by atoms with Gasteiger partial charge >= 0.3 is 0 Å². The van der Waals surface area contributed by atoms with Crippen molar-refractivity contribution < 1.29 is 4.74 Å². The Hall–Kier alpha value is -0.760. The fraction of sp³-hybridized carbons (Fsp3) is 0.429. The van der Waals surface area contributed by atoms with Gasteiger partial charge in [-0.3, -0.25) is 0 Å². The van der Waals surface area contributed by atoms with Crippen LogP contribution >= 0.6 is 15.9 Å². The van der Waals surface area contributed by atoms with E-state index in [2.05, 4.69) is 47.6 Å². The lowest BCUT2D eigenvalue weighted by molar-refractivity contribution is 0.295. The van der Waals surface area contributed by atoms with E-state index in [1.54, 1.807) is 0 Å². The Balaban J connectivity index is 2.17. The summed E-state index contributed by atoms with van der Waals surface area (Å²) >= 11 is 3.57. The Labute approximate surface area is 106 Å². The van der Waals surface area contributed by atoms with Crippen molar-refractivity contribution in [2.24, 2.45) is 5.41 Å². The molecule has 2 rings (SSSR count). The quantitative estimate of drug-likeness (QED) is 0.595. The maximum atomic E-state index is 5.70. The first-order valence-electron chi connectivity index (χ1n) is 5.60. The van der Waals surface area contributed by atoms with Crippen LogP contribution in [0.25, 0.3) is 0 Å². The van der Waals surface area contributed by atoms with Crippen LogP contribution in [0.1, 0.15) is 24.8 Å². The van der Waals surface area contributed by atoms with Crippen molar-refractivity contribution in [2.45, 2.75) is 19.3 Å². The molecular weight excluding hydrogens is 264 g/mol. The van der Waals surface area contributed by atoms with Crippen molar-refractivity contribution in [3.05, 3.63) is 42.5 Å². The van der Waals surface area contributed by atoms with Crippen molar-refractivity contribution in [2.75, 3.05) is 11.9 Å². The van der Waals surface area contributed by atoms with Crippen molar-refractivity contribution in [3.8, 4) is 5.75 Å². The van der Waals surface area contributed by atoms with E-state index >= 15 is 0 Å². The van der Waals surface area contributed by atoms with Gasteiger partial charge in [0.25, 0.3) is 0 Å². The van der Waals surface area contributed by atoms with Crippen LogP contribution in [0.5, 0.6) is 5.75 Å². The number of hydrogen-bond donors (Lipinski definition) is 0. The summed E-state index contributed by atoms with van der Waals surface area (Å²) in [6.07, 6.45) is 3.13. The molecule has 0 spiro atoms. The van der Waals surface area contributed by atoms with Gasteiger partial charge in [-0.15, -0.1) is 6.58 Å². The summed E-state index contributed by atoms with van der Waals surface area (Å²) in [5, 5.41) is 0.947. The lowest BCUT2D eigenvalue weighted by Gasteiger charge is -2.26. The van der Waals surface area contributed by atoms with Crippen LogP contribution in [-0.4, -0.2) is 11.9 Å². The van der Waals surface area contributed by atoms with E-state index in [4.69, 9.17) is 4.74 Å². The highest BCUT2D eigenvalue weighted by Crippen LogP contribution is 2.41. The molecule has 1 nitrogen and oxygen atoms in total.